The number of hydrogen-bond acceptors (Lipinski definition) is 6. The number of carbonyl (C=O) groups excluding carboxylic acids is 1. The zero-order valence-corrected chi connectivity index (χ0v) is 17.3. The van der Waals surface area contributed by atoms with Gasteiger partial charge in [0.2, 0.25) is 5.28 Å². The molecule has 0 spiro atoms. The fraction of sp³-hybridized carbons (Fsp3) is 0.286. The Bertz CT molecular complexity index is 894. The van der Waals surface area contributed by atoms with Crippen LogP contribution in [-0.4, -0.2) is 26.8 Å². The standard InChI is InChI=1S/C21H24NO5P/c1-5-27-20(23)15-16-21(28(24,25-3)26-4,18-9-7-6-8-10-18)22-19-13-11-17(2)12-14-19/h6-14,22H,5H2,1-4H3. The number of ether oxygens (including phenoxy) is 1. The number of carbonyl (C=O) groups is 1. The molecule has 0 heterocycles. The van der Waals surface area contributed by atoms with Gasteiger partial charge in [-0.1, -0.05) is 48.0 Å². The van der Waals surface area contributed by atoms with E-state index >= 15 is 0 Å². The molecule has 0 aliphatic heterocycles. The lowest BCUT2D eigenvalue weighted by molar-refractivity contribution is -0.136. The Balaban J connectivity index is 2.72. The second-order valence-electron chi connectivity index (χ2n) is 5.90. The first-order valence-corrected chi connectivity index (χ1v) is 10.3. The van der Waals surface area contributed by atoms with E-state index < -0.39 is 18.8 Å². The van der Waals surface area contributed by atoms with Crippen LogP contribution in [0.2, 0.25) is 0 Å². The van der Waals surface area contributed by atoms with Crippen LogP contribution >= 0.6 is 7.60 Å². The Hall–Kier alpha value is -2.58. The van der Waals surface area contributed by atoms with Crippen molar-refractivity contribution in [3.8, 4) is 11.8 Å². The van der Waals surface area contributed by atoms with Crippen molar-refractivity contribution in [2.45, 2.75) is 19.1 Å². The van der Waals surface area contributed by atoms with Crippen molar-refractivity contribution in [1.82, 2.24) is 0 Å². The fourth-order valence-electron chi connectivity index (χ4n) is 2.65. The maximum atomic E-state index is 13.7. The van der Waals surface area contributed by atoms with E-state index in [1.54, 1.807) is 31.2 Å². The molecule has 1 unspecified atom stereocenters. The Morgan fingerprint density at radius 3 is 2.21 bits per heavy atom. The number of hydrogen-bond donors (Lipinski definition) is 1. The first kappa shape index (κ1) is 21.7. The van der Waals surface area contributed by atoms with Crippen LogP contribution in [0.5, 0.6) is 0 Å². The Labute approximate surface area is 165 Å². The zero-order valence-electron chi connectivity index (χ0n) is 16.4. The first-order chi connectivity index (χ1) is 13.4. The minimum atomic E-state index is -3.89. The van der Waals surface area contributed by atoms with Gasteiger partial charge in [0, 0.05) is 31.4 Å². The van der Waals surface area contributed by atoms with Crippen LogP contribution < -0.4 is 5.32 Å². The number of anilines is 1. The van der Waals surface area contributed by atoms with Gasteiger partial charge in [0.25, 0.3) is 0 Å². The molecular weight excluding hydrogens is 377 g/mol. The third-order valence-corrected chi connectivity index (χ3v) is 6.35. The molecule has 0 aliphatic carbocycles. The summed E-state index contributed by atoms with van der Waals surface area (Å²) in [5.74, 6) is 4.48. The molecule has 28 heavy (non-hydrogen) atoms. The lowest BCUT2D eigenvalue weighted by Gasteiger charge is -2.35. The van der Waals surface area contributed by atoms with Gasteiger partial charge in [-0.15, -0.1) is 0 Å². The monoisotopic (exact) mass is 401 g/mol. The summed E-state index contributed by atoms with van der Waals surface area (Å²) in [7, 11) is -1.32. The molecular formula is C21H24NO5P. The van der Waals surface area contributed by atoms with Gasteiger partial charge in [0.15, 0.2) is 0 Å². The van der Waals surface area contributed by atoms with Crippen LogP contribution in [0.4, 0.5) is 5.69 Å². The number of aryl methyl sites for hydroxylation is 1. The first-order valence-electron chi connectivity index (χ1n) is 8.72. The molecule has 0 radical (unpaired) electrons. The molecule has 2 aromatic carbocycles. The van der Waals surface area contributed by atoms with Crippen molar-refractivity contribution in [3.63, 3.8) is 0 Å². The van der Waals surface area contributed by atoms with Crippen LogP contribution in [0, 0.1) is 18.8 Å². The molecule has 0 saturated heterocycles. The third kappa shape index (κ3) is 4.63. The highest BCUT2D eigenvalue weighted by Crippen LogP contribution is 2.63. The summed E-state index contributed by atoms with van der Waals surface area (Å²) in [5.41, 5.74) is 2.23. The predicted molar refractivity (Wildman–Crippen MR) is 109 cm³/mol. The summed E-state index contributed by atoms with van der Waals surface area (Å²) in [5, 5.41) is 1.56. The van der Waals surface area contributed by atoms with Gasteiger partial charge in [-0.3, -0.25) is 4.57 Å². The summed E-state index contributed by atoms with van der Waals surface area (Å²) in [6, 6.07) is 16.3. The smallest absolute Gasteiger partial charge is 0.384 e. The minimum Gasteiger partial charge on any atom is -0.456 e. The van der Waals surface area contributed by atoms with E-state index in [2.05, 4.69) is 17.2 Å². The number of benzene rings is 2. The molecule has 1 N–H and O–H groups in total. The van der Waals surface area contributed by atoms with E-state index in [4.69, 9.17) is 13.8 Å². The van der Waals surface area contributed by atoms with E-state index in [9.17, 15) is 9.36 Å². The average Bonchev–Trinajstić information content (AvgIpc) is 2.73. The molecule has 0 aliphatic rings. The summed E-state index contributed by atoms with van der Waals surface area (Å²) >= 11 is 0. The van der Waals surface area contributed by atoms with E-state index in [1.807, 2.05) is 37.3 Å². The van der Waals surface area contributed by atoms with Crippen molar-refractivity contribution in [1.29, 1.82) is 0 Å². The molecule has 0 saturated carbocycles. The number of nitrogens with one attached hydrogen (secondary N) is 1. The van der Waals surface area contributed by atoms with Gasteiger partial charge in [-0.05, 0) is 31.9 Å². The normalized spacial score (nSPS) is 13.0. The van der Waals surface area contributed by atoms with Crippen LogP contribution in [0.1, 0.15) is 18.1 Å². The average molecular weight is 401 g/mol. The molecule has 0 bridgehead atoms. The molecule has 7 heteroatoms. The predicted octanol–water partition coefficient (Wildman–Crippen LogP) is 4.31. The van der Waals surface area contributed by atoms with E-state index in [1.165, 1.54) is 14.2 Å². The molecule has 0 fully saturated rings. The second-order valence-corrected chi connectivity index (χ2v) is 8.30. The molecule has 148 valence electrons. The van der Waals surface area contributed by atoms with Crippen LogP contribution in [0.25, 0.3) is 0 Å². The van der Waals surface area contributed by atoms with Crippen molar-refractivity contribution < 1.29 is 23.1 Å². The van der Waals surface area contributed by atoms with Crippen LogP contribution in [0.3, 0.4) is 0 Å². The summed E-state index contributed by atoms with van der Waals surface area (Å²) < 4.78 is 29.2. The molecule has 2 aromatic rings. The van der Waals surface area contributed by atoms with Crippen molar-refractivity contribution >= 4 is 19.3 Å². The quantitative estimate of drug-likeness (QED) is 0.323. The molecule has 2 rings (SSSR count). The maximum absolute atomic E-state index is 13.7. The summed E-state index contributed by atoms with van der Waals surface area (Å²) in [4.78, 5) is 11.9. The molecule has 1 atom stereocenters. The zero-order chi connectivity index (χ0) is 20.6. The van der Waals surface area contributed by atoms with Gasteiger partial charge in [0.1, 0.15) is 0 Å². The highest BCUT2D eigenvalue weighted by atomic mass is 31.2. The lowest BCUT2D eigenvalue weighted by atomic mass is 10.1. The largest absolute Gasteiger partial charge is 0.456 e. The lowest BCUT2D eigenvalue weighted by Crippen LogP contribution is -2.35. The third-order valence-electron chi connectivity index (χ3n) is 4.08. The van der Waals surface area contributed by atoms with Crippen molar-refractivity contribution in [3.05, 3.63) is 65.7 Å². The van der Waals surface area contributed by atoms with Crippen LogP contribution in [0.15, 0.2) is 54.6 Å². The second kappa shape index (κ2) is 9.57. The summed E-state index contributed by atoms with van der Waals surface area (Å²) in [6.07, 6.45) is 0. The van der Waals surface area contributed by atoms with E-state index in [0.717, 1.165) is 5.56 Å². The van der Waals surface area contributed by atoms with Gasteiger partial charge in [-0.2, -0.15) is 0 Å². The van der Waals surface area contributed by atoms with E-state index in [-0.39, 0.29) is 6.61 Å². The number of rotatable bonds is 7. The molecule has 6 nitrogen and oxygen atoms in total. The van der Waals surface area contributed by atoms with Gasteiger partial charge < -0.3 is 19.1 Å². The van der Waals surface area contributed by atoms with Crippen molar-refractivity contribution in [2.24, 2.45) is 0 Å². The Kier molecular flexibility index (Phi) is 7.42. The SMILES string of the molecule is CCOC(=O)C#CC(Nc1ccc(C)cc1)(c1ccccc1)P(=O)(OC)OC. The molecule has 0 aromatic heterocycles. The fourth-order valence-corrected chi connectivity index (χ4v) is 4.27. The highest BCUT2D eigenvalue weighted by molar-refractivity contribution is 7.55. The van der Waals surface area contributed by atoms with Gasteiger partial charge in [0.05, 0.1) is 6.61 Å². The van der Waals surface area contributed by atoms with Gasteiger partial charge in [-0.25, -0.2) is 4.79 Å². The van der Waals surface area contributed by atoms with Crippen LogP contribution in [-0.2, 0) is 28.4 Å². The van der Waals surface area contributed by atoms with Crippen molar-refractivity contribution in [2.75, 3.05) is 26.1 Å². The highest BCUT2D eigenvalue weighted by Gasteiger charge is 2.51. The Morgan fingerprint density at radius 2 is 1.68 bits per heavy atom. The Morgan fingerprint density at radius 1 is 1.07 bits per heavy atom. The number of esters is 1. The molecule has 0 amide bonds. The topological polar surface area (TPSA) is 73.9 Å². The summed E-state index contributed by atoms with van der Waals surface area (Å²) in [6.45, 7) is 3.83. The van der Waals surface area contributed by atoms with E-state index in [0.29, 0.717) is 11.3 Å². The minimum absolute atomic E-state index is 0.184. The van der Waals surface area contributed by atoms with Gasteiger partial charge >= 0.3 is 13.6 Å². The maximum Gasteiger partial charge on any atom is 0.384 e.